The van der Waals surface area contributed by atoms with Gasteiger partial charge in [0.25, 0.3) is 0 Å². The van der Waals surface area contributed by atoms with E-state index in [2.05, 4.69) is 0 Å². The molecule has 20 heavy (non-hydrogen) atoms. The van der Waals surface area contributed by atoms with Crippen molar-refractivity contribution in [3.05, 3.63) is 29.8 Å². The van der Waals surface area contributed by atoms with Crippen LogP contribution in [0.1, 0.15) is 38.7 Å². The van der Waals surface area contributed by atoms with Gasteiger partial charge in [0.2, 0.25) is 0 Å². The number of rotatable bonds is 4. The van der Waals surface area contributed by atoms with Gasteiger partial charge in [0.05, 0.1) is 11.7 Å². The first-order valence-corrected chi connectivity index (χ1v) is 6.85. The highest BCUT2D eigenvalue weighted by atomic mass is 19.4. The lowest BCUT2D eigenvalue weighted by Gasteiger charge is -2.52. The second kappa shape index (κ2) is 5.28. The van der Waals surface area contributed by atoms with Gasteiger partial charge in [-0.15, -0.1) is 0 Å². The summed E-state index contributed by atoms with van der Waals surface area (Å²) in [5, 5.41) is 9.93. The van der Waals surface area contributed by atoms with Crippen molar-refractivity contribution in [2.45, 2.75) is 51.5 Å². The van der Waals surface area contributed by atoms with Gasteiger partial charge in [-0.1, -0.05) is 19.9 Å². The molecule has 0 aromatic heterocycles. The Balaban J connectivity index is 2.15. The van der Waals surface area contributed by atoms with Crippen LogP contribution < -0.4 is 4.74 Å². The van der Waals surface area contributed by atoms with E-state index in [1.165, 1.54) is 12.1 Å². The van der Waals surface area contributed by atoms with E-state index in [4.69, 9.17) is 4.74 Å². The molecule has 1 N–H and O–H groups in total. The first-order chi connectivity index (χ1) is 9.33. The van der Waals surface area contributed by atoms with Crippen LogP contribution in [0, 0.1) is 5.41 Å². The largest absolute Gasteiger partial charge is 0.490 e. The molecule has 2 atom stereocenters. The molecule has 0 aliphatic heterocycles. The molecule has 0 heterocycles. The van der Waals surface area contributed by atoms with E-state index in [0.717, 1.165) is 25.0 Å². The summed E-state index contributed by atoms with van der Waals surface area (Å²) in [5.74, 6) is 0.211. The van der Waals surface area contributed by atoms with Crippen LogP contribution in [-0.4, -0.2) is 17.3 Å². The molecule has 0 bridgehead atoms. The van der Waals surface area contributed by atoms with Crippen molar-refractivity contribution in [1.29, 1.82) is 0 Å². The molecular weight excluding hydrogens is 269 g/mol. The maximum atomic E-state index is 12.7. The second-order valence-corrected chi connectivity index (χ2v) is 5.32. The normalized spacial score (nSPS) is 25.1. The number of halogens is 3. The van der Waals surface area contributed by atoms with Crippen molar-refractivity contribution in [3.8, 4) is 5.75 Å². The Bertz CT molecular complexity index is 466. The van der Waals surface area contributed by atoms with Gasteiger partial charge in [0.1, 0.15) is 11.9 Å². The summed E-state index contributed by atoms with van der Waals surface area (Å²) in [6.45, 7) is 3.93. The SMILES string of the molecule is CCC1(CC)C(O)CC1Oc1cccc(C(F)(F)F)c1. The molecule has 2 nitrogen and oxygen atoms in total. The average Bonchev–Trinajstić information content (AvgIpc) is 2.39. The Labute approximate surface area is 116 Å². The molecular formula is C15H19F3O2. The van der Waals surface area contributed by atoms with E-state index in [0.29, 0.717) is 6.42 Å². The number of benzene rings is 1. The maximum absolute atomic E-state index is 12.7. The third kappa shape index (κ3) is 2.51. The molecule has 2 rings (SSSR count). The van der Waals surface area contributed by atoms with Gasteiger partial charge in [-0.3, -0.25) is 0 Å². The van der Waals surface area contributed by atoms with Gasteiger partial charge < -0.3 is 9.84 Å². The third-order valence-corrected chi connectivity index (χ3v) is 4.50. The van der Waals surface area contributed by atoms with Gasteiger partial charge in [0.15, 0.2) is 0 Å². The lowest BCUT2D eigenvalue weighted by Crippen LogP contribution is -2.59. The van der Waals surface area contributed by atoms with Crippen LogP contribution in [-0.2, 0) is 6.18 Å². The molecule has 1 fully saturated rings. The summed E-state index contributed by atoms with van der Waals surface area (Å²) in [7, 11) is 0. The Morgan fingerprint density at radius 3 is 2.45 bits per heavy atom. The molecule has 0 amide bonds. The third-order valence-electron chi connectivity index (χ3n) is 4.50. The van der Waals surface area contributed by atoms with E-state index < -0.39 is 17.8 Å². The highest BCUT2D eigenvalue weighted by Gasteiger charge is 2.53. The van der Waals surface area contributed by atoms with Gasteiger partial charge in [-0.2, -0.15) is 13.2 Å². The molecule has 0 saturated heterocycles. The highest BCUT2D eigenvalue weighted by molar-refractivity contribution is 5.31. The summed E-state index contributed by atoms with van der Waals surface area (Å²) in [6, 6.07) is 4.90. The van der Waals surface area contributed by atoms with Crippen molar-refractivity contribution in [1.82, 2.24) is 0 Å². The summed E-state index contributed by atoms with van der Waals surface area (Å²) in [5.41, 5.74) is -1.05. The molecule has 1 aliphatic carbocycles. The molecule has 1 saturated carbocycles. The van der Waals surface area contributed by atoms with Crippen molar-refractivity contribution in [2.75, 3.05) is 0 Å². The summed E-state index contributed by atoms with van der Waals surface area (Å²) in [4.78, 5) is 0. The lowest BCUT2D eigenvalue weighted by atomic mass is 9.60. The Hall–Kier alpha value is -1.23. The Kier molecular flexibility index (Phi) is 4.00. The van der Waals surface area contributed by atoms with E-state index in [-0.39, 0.29) is 17.3 Å². The zero-order valence-corrected chi connectivity index (χ0v) is 11.6. The topological polar surface area (TPSA) is 29.5 Å². The molecule has 5 heteroatoms. The Morgan fingerprint density at radius 2 is 1.95 bits per heavy atom. The summed E-state index contributed by atoms with van der Waals surface area (Å²) < 4.78 is 43.7. The van der Waals surface area contributed by atoms with Gasteiger partial charge in [-0.25, -0.2) is 0 Å². The van der Waals surface area contributed by atoms with Gasteiger partial charge in [-0.05, 0) is 31.0 Å². The van der Waals surface area contributed by atoms with Crippen LogP contribution in [0.15, 0.2) is 24.3 Å². The molecule has 1 aromatic carbocycles. The predicted octanol–water partition coefficient (Wildman–Crippen LogP) is 4.02. The summed E-state index contributed by atoms with van der Waals surface area (Å²) in [6.07, 6.45) is -3.07. The van der Waals surface area contributed by atoms with E-state index in [1.807, 2.05) is 13.8 Å². The molecule has 1 aliphatic rings. The minimum Gasteiger partial charge on any atom is -0.490 e. The molecule has 112 valence electrons. The van der Waals surface area contributed by atoms with Crippen LogP contribution in [0.5, 0.6) is 5.75 Å². The highest BCUT2D eigenvalue weighted by Crippen LogP contribution is 2.49. The number of ether oxygens (including phenoxy) is 1. The van der Waals surface area contributed by atoms with Gasteiger partial charge in [0, 0.05) is 11.8 Å². The maximum Gasteiger partial charge on any atom is 0.416 e. The average molecular weight is 288 g/mol. The van der Waals surface area contributed by atoms with E-state index in [9.17, 15) is 18.3 Å². The minimum atomic E-state index is -4.37. The quantitative estimate of drug-likeness (QED) is 0.906. The number of hydrogen-bond acceptors (Lipinski definition) is 2. The molecule has 0 spiro atoms. The standard InChI is InChI=1S/C15H19F3O2/c1-3-14(4-2)12(19)9-13(14)20-11-7-5-6-10(8-11)15(16,17)18/h5-8,12-13,19H,3-4,9H2,1-2H3. The van der Waals surface area contributed by atoms with Crippen LogP contribution in [0.25, 0.3) is 0 Å². The minimum absolute atomic E-state index is 0.211. The first-order valence-electron chi connectivity index (χ1n) is 6.85. The van der Waals surface area contributed by atoms with E-state index >= 15 is 0 Å². The Morgan fingerprint density at radius 1 is 1.30 bits per heavy atom. The number of aliphatic hydroxyl groups is 1. The fourth-order valence-electron chi connectivity index (χ4n) is 2.98. The first kappa shape index (κ1) is 15.2. The van der Waals surface area contributed by atoms with Crippen LogP contribution in [0.3, 0.4) is 0 Å². The van der Waals surface area contributed by atoms with Crippen molar-refractivity contribution in [2.24, 2.45) is 5.41 Å². The van der Waals surface area contributed by atoms with Crippen LogP contribution in [0.2, 0.25) is 0 Å². The number of alkyl halides is 3. The van der Waals surface area contributed by atoms with Crippen LogP contribution in [0.4, 0.5) is 13.2 Å². The van der Waals surface area contributed by atoms with Crippen molar-refractivity contribution < 1.29 is 23.0 Å². The number of hydrogen-bond donors (Lipinski definition) is 1. The van der Waals surface area contributed by atoms with Crippen molar-refractivity contribution in [3.63, 3.8) is 0 Å². The fraction of sp³-hybridized carbons (Fsp3) is 0.600. The monoisotopic (exact) mass is 288 g/mol. The second-order valence-electron chi connectivity index (χ2n) is 5.32. The summed E-state index contributed by atoms with van der Waals surface area (Å²) >= 11 is 0. The predicted molar refractivity (Wildman–Crippen MR) is 69.5 cm³/mol. The fourth-order valence-corrected chi connectivity index (χ4v) is 2.98. The zero-order valence-electron chi connectivity index (χ0n) is 11.6. The molecule has 1 aromatic rings. The van der Waals surface area contributed by atoms with Gasteiger partial charge >= 0.3 is 6.18 Å². The number of aliphatic hydroxyl groups excluding tert-OH is 1. The molecule has 2 unspecified atom stereocenters. The van der Waals surface area contributed by atoms with E-state index in [1.54, 1.807) is 0 Å². The smallest absolute Gasteiger partial charge is 0.416 e. The van der Waals surface area contributed by atoms with Crippen LogP contribution >= 0.6 is 0 Å². The zero-order chi connectivity index (χ0) is 15.0. The molecule has 0 radical (unpaired) electrons. The lowest BCUT2D eigenvalue weighted by molar-refractivity contribution is -0.160. The van der Waals surface area contributed by atoms with Crippen molar-refractivity contribution >= 4 is 0 Å².